The summed E-state index contributed by atoms with van der Waals surface area (Å²) in [7, 11) is 0. The first-order valence-corrected chi connectivity index (χ1v) is 8.70. The third kappa shape index (κ3) is 3.86. The fraction of sp³-hybridized carbons (Fsp3) is 0.235. The molecule has 0 aliphatic carbocycles. The van der Waals surface area contributed by atoms with Crippen molar-refractivity contribution in [1.82, 2.24) is 15.3 Å². The zero-order valence-electron chi connectivity index (χ0n) is 13.2. The summed E-state index contributed by atoms with van der Waals surface area (Å²) in [5, 5.41) is 3.73. The minimum Gasteiger partial charge on any atom is -0.467 e. The van der Waals surface area contributed by atoms with Crippen LogP contribution in [-0.4, -0.2) is 21.6 Å². The molecule has 0 saturated heterocycles. The van der Waals surface area contributed by atoms with Gasteiger partial charge in [-0.3, -0.25) is 4.79 Å². The van der Waals surface area contributed by atoms with Crippen molar-refractivity contribution in [3.8, 4) is 0 Å². The van der Waals surface area contributed by atoms with Gasteiger partial charge in [-0.05, 0) is 31.2 Å². The number of rotatable bonds is 6. The zero-order chi connectivity index (χ0) is 16.9. The fourth-order valence-electron chi connectivity index (χ4n) is 2.34. The molecule has 0 unspecified atom stereocenters. The summed E-state index contributed by atoms with van der Waals surface area (Å²) in [6.07, 6.45) is 1.59. The first-order chi connectivity index (χ1) is 11.6. The third-order valence-corrected chi connectivity index (χ3v) is 4.42. The number of nitrogens with zero attached hydrogens (tertiary/aromatic N) is 2. The van der Waals surface area contributed by atoms with E-state index < -0.39 is 0 Å². The molecule has 2 heterocycles. The highest BCUT2D eigenvalue weighted by molar-refractivity contribution is 7.99. The molecule has 0 aliphatic heterocycles. The summed E-state index contributed by atoms with van der Waals surface area (Å²) in [5.41, 5.74) is 6.77. The number of aromatic nitrogens is 2. The van der Waals surface area contributed by atoms with Crippen LogP contribution in [0, 0.1) is 0 Å². The lowest BCUT2D eigenvalue weighted by Crippen LogP contribution is -2.28. The van der Waals surface area contributed by atoms with Gasteiger partial charge in [0, 0.05) is 5.39 Å². The molecule has 7 heteroatoms. The molecule has 0 radical (unpaired) electrons. The number of benzene rings is 1. The highest BCUT2D eigenvalue weighted by Crippen LogP contribution is 2.19. The average molecular weight is 342 g/mol. The standard InChI is InChI=1S/C17H18N4O2S/c1-11(14-7-4-8-23-14)19-16(22)10-24-9-15-20-13-6-3-2-5-12(13)17(18)21-15/h2-8,11H,9-10H2,1H3,(H,19,22)(H2,18,20,21)/t11-/m1/s1. The number of carbonyl (C=O) groups is 1. The Hall–Kier alpha value is -2.54. The molecule has 3 N–H and O–H groups in total. The van der Waals surface area contributed by atoms with E-state index >= 15 is 0 Å². The van der Waals surface area contributed by atoms with E-state index in [2.05, 4.69) is 15.3 Å². The van der Waals surface area contributed by atoms with Crippen LogP contribution in [0.3, 0.4) is 0 Å². The summed E-state index contributed by atoms with van der Waals surface area (Å²) in [5.74, 6) is 2.62. The molecule has 3 aromatic rings. The fourth-order valence-corrected chi connectivity index (χ4v) is 3.03. The Morgan fingerprint density at radius 1 is 1.29 bits per heavy atom. The van der Waals surface area contributed by atoms with Gasteiger partial charge in [-0.2, -0.15) is 0 Å². The number of fused-ring (bicyclic) bond motifs is 1. The smallest absolute Gasteiger partial charge is 0.230 e. The zero-order valence-corrected chi connectivity index (χ0v) is 14.0. The molecule has 1 amide bonds. The maximum Gasteiger partial charge on any atom is 0.230 e. The number of anilines is 1. The molecular weight excluding hydrogens is 324 g/mol. The number of nitrogens with two attached hydrogens (primary N) is 1. The molecule has 0 fully saturated rings. The van der Waals surface area contributed by atoms with Crippen LogP contribution in [0.15, 0.2) is 47.1 Å². The Labute approximate surface area is 143 Å². The first-order valence-electron chi connectivity index (χ1n) is 7.55. The van der Waals surface area contributed by atoms with Crippen LogP contribution in [-0.2, 0) is 10.5 Å². The van der Waals surface area contributed by atoms with Crippen molar-refractivity contribution < 1.29 is 9.21 Å². The molecular formula is C17H18N4O2S. The van der Waals surface area contributed by atoms with Crippen molar-refractivity contribution >= 4 is 34.4 Å². The third-order valence-electron chi connectivity index (χ3n) is 3.49. The van der Waals surface area contributed by atoms with Crippen LogP contribution in [0.1, 0.15) is 24.6 Å². The lowest BCUT2D eigenvalue weighted by Gasteiger charge is -2.11. The second-order valence-corrected chi connectivity index (χ2v) is 6.33. The highest BCUT2D eigenvalue weighted by Gasteiger charge is 2.12. The number of nitrogens with one attached hydrogen (secondary N) is 1. The largest absolute Gasteiger partial charge is 0.467 e. The lowest BCUT2D eigenvalue weighted by molar-refractivity contribution is -0.119. The van der Waals surface area contributed by atoms with Gasteiger partial charge in [0.2, 0.25) is 5.91 Å². The van der Waals surface area contributed by atoms with E-state index in [9.17, 15) is 4.79 Å². The van der Waals surface area contributed by atoms with Crippen molar-refractivity contribution in [2.24, 2.45) is 0 Å². The van der Waals surface area contributed by atoms with Crippen LogP contribution in [0.5, 0.6) is 0 Å². The minimum absolute atomic E-state index is 0.0577. The van der Waals surface area contributed by atoms with E-state index in [1.807, 2.05) is 37.3 Å². The lowest BCUT2D eigenvalue weighted by atomic mass is 10.2. The second kappa shape index (κ2) is 7.35. The summed E-state index contributed by atoms with van der Waals surface area (Å²) >= 11 is 1.45. The van der Waals surface area contributed by atoms with Crippen molar-refractivity contribution in [2.75, 3.05) is 11.5 Å². The van der Waals surface area contributed by atoms with Crippen LogP contribution in [0.2, 0.25) is 0 Å². The van der Waals surface area contributed by atoms with E-state index in [4.69, 9.17) is 10.2 Å². The van der Waals surface area contributed by atoms with Gasteiger partial charge in [0.05, 0.1) is 29.3 Å². The van der Waals surface area contributed by atoms with Gasteiger partial charge < -0.3 is 15.5 Å². The predicted octanol–water partition coefficient (Wildman–Crippen LogP) is 2.92. The number of amides is 1. The van der Waals surface area contributed by atoms with Crippen molar-refractivity contribution in [2.45, 2.75) is 18.7 Å². The topological polar surface area (TPSA) is 94.0 Å². The Balaban J connectivity index is 1.53. The SMILES string of the molecule is C[C@@H](NC(=O)CSCc1nc(N)c2ccccc2n1)c1ccco1. The van der Waals surface area contributed by atoms with E-state index in [1.165, 1.54) is 11.8 Å². The van der Waals surface area contributed by atoms with Gasteiger partial charge in [-0.1, -0.05) is 12.1 Å². The maximum absolute atomic E-state index is 12.0. The Bertz CT molecular complexity index is 836. The van der Waals surface area contributed by atoms with Gasteiger partial charge >= 0.3 is 0 Å². The molecule has 124 valence electrons. The molecule has 3 rings (SSSR count). The number of carbonyl (C=O) groups excluding carboxylic acids is 1. The molecule has 1 aromatic carbocycles. The normalized spacial score (nSPS) is 12.2. The number of hydrogen-bond donors (Lipinski definition) is 2. The van der Waals surface area contributed by atoms with E-state index in [1.54, 1.807) is 12.3 Å². The van der Waals surface area contributed by atoms with Gasteiger partial charge in [0.15, 0.2) is 0 Å². The quantitative estimate of drug-likeness (QED) is 0.715. The Kier molecular flexibility index (Phi) is 5.00. The summed E-state index contributed by atoms with van der Waals surface area (Å²) in [6, 6.07) is 11.1. The number of para-hydroxylation sites is 1. The summed E-state index contributed by atoms with van der Waals surface area (Å²) < 4.78 is 5.27. The van der Waals surface area contributed by atoms with Gasteiger partial charge in [0.1, 0.15) is 17.4 Å². The summed E-state index contributed by atoms with van der Waals surface area (Å²) in [4.78, 5) is 20.8. The monoisotopic (exact) mass is 342 g/mol. The van der Waals surface area contributed by atoms with Crippen molar-refractivity contribution in [3.63, 3.8) is 0 Å². The van der Waals surface area contributed by atoms with Crippen molar-refractivity contribution in [3.05, 3.63) is 54.2 Å². The average Bonchev–Trinajstić information content (AvgIpc) is 3.09. The molecule has 0 bridgehead atoms. The minimum atomic E-state index is -0.152. The Morgan fingerprint density at radius 3 is 2.92 bits per heavy atom. The molecule has 6 nitrogen and oxygen atoms in total. The van der Waals surface area contributed by atoms with Gasteiger partial charge in [0.25, 0.3) is 0 Å². The summed E-state index contributed by atoms with van der Waals surface area (Å²) in [6.45, 7) is 1.88. The van der Waals surface area contributed by atoms with E-state index in [0.717, 1.165) is 16.7 Å². The predicted molar refractivity (Wildman–Crippen MR) is 95.4 cm³/mol. The van der Waals surface area contributed by atoms with E-state index in [0.29, 0.717) is 23.1 Å². The molecule has 2 aromatic heterocycles. The van der Waals surface area contributed by atoms with Crippen LogP contribution in [0.25, 0.3) is 10.9 Å². The maximum atomic E-state index is 12.0. The molecule has 1 atom stereocenters. The Morgan fingerprint density at radius 2 is 2.12 bits per heavy atom. The number of nitrogen functional groups attached to an aromatic ring is 1. The highest BCUT2D eigenvalue weighted by atomic mass is 32.2. The number of hydrogen-bond acceptors (Lipinski definition) is 6. The van der Waals surface area contributed by atoms with Gasteiger partial charge in [-0.25, -0.2) is 9.97 Å². The van der Waals surface area contributed by atoms with E-state index in [-0.39, 0.29) is 11.9 Å². The molecule has 0 saturated carbocycles. The van der Waals surface area contributed by atoms with Crippen LogP contribution >= 0.6 is 11.8 Å². The molecule has 0 aliphatic rings. The van der Waals surface area contributed by atoms with Crippen LogP contribution < -0.4 is 11.1 Å². The number of thioether (sulfide) groups is 1. The van der Waals surface area contributed by atoms with Crippen molar-refractivity contribution in [1.29, 1.82) is 0 Å². The van der Waals surface area contributed by atoms with Crippen LogP contribution in [0.4, 0.5) is 5.82 Å². The first kappa shape index (κ1) is 16.3. The molecule has 0 spiro atoms. The second-order valence-electron chi connectivity index (χ2n) is 5.34. The number of furan rings is 1. The molecule has 24 heavy (non-hydrogen) atoms. The van der Waals surface area contributed by atoms with Gasteiger partial charge in [-0.15, -0.1) is 11.8 Å².